The van der Waals surface area contributed by atoms with Gasteiger partial charge < -0.3 is 5.32 Å². The molecule has 1 aromatic rings. The van der Waals surface area contributed by atoms with Gasteiger partial charge in [0.05, 0.1) is 0 Å². The van der Waals surface area contributed by atoms with Gasteiger partial charge >= 0.3 is 0 Å². The van der Waals surface area contributed by atoms with Gasteiger partial charge in [-0.05, 0) is 23.9 Å². The summed E-state index contributed by atoms with van der Waals surface area (Å²) in [5.41, 5.74) is 0. The van der Waals surface area contributed by atoms with E-state index < -0.39 is 0 Å². The average Bonchev–Trinajstić information content (AvgIpc) is 2.33. The van der Waals surface area contributed by atoms with E-state index in [0.717, 1.165) is 13.0 Å². The lowest BCUT2D eigenvalue weighted by atomic mass is 9.99. The molecule has 0 aliphatic carbocycles. The summed E-state index contributed by atoms with van der Waals surface area (Å²) in [5, 5.41) is 10.8. The topological polar surface area (TPSA) is 50.7 Å². The normalized spacial score (nSPS) is 12.5. The van der Waals surface area contributed by atoms with Gasteiger partial charge in [0.15, 0.2) is 11.0 Å². The Labute approximate surface area is 112 Å². The Balaban J connectivity index is 2.50. The van der Waals surface area contributed by atoms with Gasteiger partial charge in [0.25, 0.3) is 0 Å². The van der Waals surface area contributed by atoms with Gasteiger partial charge in [0.2, 0.25) is 5.28 Å². The molecule has 96 valence electrons. The second-order valence-corrected chi connectivity index (χ2v) is 4.71. The van der Waals surface area contributed by atoms with E-state index in [4.69, 9.17) is 23.2 Å². The van der Waals surface area contributed by atoms with E-state index in [1.165, 1.54) is 19.3 Å². The van der Waals surface area contributed by atoms with Crippen LogP contribution in [0.5, 0.6) is 0 Å². The quantitative estimate of drug-likeness (QED) is 0.823. The zero-order valence-corrected chi connectivity index (χ0v) is 11.7. The zero-order chi connectivity index (χ0) is 12.7. The van der Waals surface area contributed by atoms with Crippen molar-refractivity contribution in [3.8, 4) is 0 Å². The Morgan fingerprint density at radius 2 is 2.00 bits per heavy atom. The van der Waals surface area contributed by atoms with Crippen LogP contribution in [-0.2, 0) is 0 Å². The molecule has 17 heavy (non-hydrogen) atoms. The van der Waals surface area contributed by atoms with Crippen LogP contribution in [0.1, 0.15) is 39.5 Å². The number of hydrogen-bond acceptors (Lipinski definition) is 4. The minimum atomic E-state index is 0.110. The molecule has 1 heterocycles. The Bertz CT molecular complexity index is 346. The lowest BCUT2D eigenvalue weighted by Gasteiger charge is -2.15. The van der Waals surface area contributed by atoms with E-state index in [2.05, 4.69) is 34.3 Å². The minimum Gasteiger partial charge on any atom is -0.367 e. The predicted molar refractivity (Wildman–Crippen MR) is 71.6 cm³/mol. The highest BCUT2D eigenvalue weighted by Crippen LogP contribution is 2.19. The molecule has 4 nitrogen and oxygen atoms in total. The molecule has 1 unspecified atom stereocenters. The summed E-state index contributed by atoms with van der Waals surface area (Å²) >= 11 is 11.5. The lowest BCUT2D eigenvalue weighted by molar-refractivity contribution is 0.472. The van der Waals surface area contributed by atoms with Crippen molar-refractivity contribution in [3.63, 3.8) is 0 Å². The van der Waals surface area contributed by atoms with Gasteiger partial charge in [0.1, 0.15) is 0 Å². The molecule has 1 rings (SSSR count). The largest absolute Gasteiger partial charge is 0.367 e. The molecular weight excluding hydrogens is 259 g/mol. The van der Waals surface area contributed by atoms with Crippen LogP contribution in [0, 0.1) is 5.92 Å². The SMILES string of the molecule is CCCCC(CC)CNc1nc(Cl)nnc1Cl. The third-order valence-electron chi connectivity index (χ3n) is 2.72. The summed E-state index contributed by atoms with van der Waals surface area (Å²) in [7, 11) is 0. The summed E-state index contributed by atoms with van der Waals surface area (Å²) in [6.07, 6.45) is 4.82. The average molecular weight is 277 g/mol. The first-order valence-corrected chi connectivity index (χ1v) is 6.72. The molecule has 0 saturated heterocycles. The van der Waals surface area contributed by atoms with Crippen molar-refractivity contribution < 1.29 is 0 Å². The van der Waals surface area contributed by atoms with Gasteiger partial charge in [-0.25, -0.2) is 0 Å². The fourth-order valence-electron chi connectivity index (χ4n) is 1.59. The van der Waals surface area contributed by atoms with E-state index in [-0.39, 0.29) is 10.4 Å². The second-order valence-electron chi connectivity index (χ2n) is 4.02. The van der Waals surface area contributed by atoms with Gasteiger partial charge in [-0.1, -0.05) is 44.7 Å². The third-order valence-corrected chi connectivity index (χ3v) is 3.14. The molecule has 1 atom stereocenters. The molecule has 0 amide bonds. The third kappa shape index (κ3) is 5.04. The van der Waals surface area contributed by atoms with Crippen molar-refractivity contribution in [1.82, 2.24) is 15.2 Å². The Morgan fingerprint density at radius 1 is 1.24 bits per heavy atom. The Morgan fingerprint density at radius 3 is 2.65 bits per heavy atom. The van der Waals surface area contributed by atoms with Gasteiger partial charge in [-0.15, -0.1) is 10.2 Å². The van der Waals surface area contributed by atoms with Gasteiger partial charge in [-0.2, -0.15) is 4.98 Å². The number of hydrogen-bond donors (Lipinski definition) is 1. The van der Waals surface area contributed by atoms with Crippen LogP contribution in [0.15, 0.2) is 0 Å². The standard InChI is InChI=1S/C11H18Cl2N4/c1-3-5-6-8(4-2)7-14-10-9(12)16-17-11(13)15-10/h8H,3-7H2,1-2H3,(H,14,15,17). The Kier molecular flexibility index (Phi) is 6.52. The van der Waals surface area contributed by atoms with E-state index >= 15 is 0 Å². The Hall–Kier alpha value is -0.610. The summed E-state index contributed by atoms with van der Waals surface area (Å²) in [6, 6.07) is 0. The number of anilines is 1. The summed E-state index contributed by atoms with van der Waals surface area (Å²) in [4.78, 5) is 4.01. The van der Waals surface area contributed by atoms with Crippen LogP contribution in [0.25, 0.3) is 0 Å². The van der Waals surface area contributed by atoms with Crippen molar-refractivity contribution in [2.24, 2.45) is 5.92 Å². The molecular formula is C11H18Cl2N4. The number of halogens is 2. The van der Waals surface area contributed by atoms with E-state index in [9.17, 15) is 0 Å². The van der Waals surface area contributed by atoms with Crippen molar-refractivity contribution >= 4 is 29.0 Å². The highest BCUT2D eigenvalue weighted by Gasteiger charge is 2.09. The van der Waals surface area contributed by atoms with E-state index in [1.807, 2.05) is 0 Å². The van der Waals surface area contributed by atoms with Crippen molar-refractivity contribution in [2.75, 3.05) is 11.9 Å². The maximum Gasteiger partial charge on any atom is 0.245 e. The molecule has 1 N–H and O–H groups in total. The van der Waals surface area contributed by atoms with Crippen LogP contribution in [0.3, 0.4) is 0 Å². The fourth-order valence-corrected chi connectivity index (χ4v) is 1.86. The predicted octanol–water partition coefficient (Wildman–Crippen LogP) is 3.81. The van der Waals surface area contributed by atoms with Crippen LogP contribution < -0.4 is 5.32 Å². The summed E-state index contributed by atoms with van der Waals surface area (Å²) in [6.45, 7) is 5.23. The molecule has 0 saturated carbocycles. The first-order chi connectivity index (χ1) is 8.17. The number of rotatable bonds is 7. The van der Waals surface area contributed by atoms with Crippen molar-refractivity contribution in [1.29, 1.82) is 0 Å². The molecule has 0 aromatic carbocycles. The molecule has 0 radical (unpaired) electrons. The fraction of sp³-hybridized carbons (Fsp3) is 0.727. The molecule has 0 aliphatic rings. The minimum absolute atomic E-state index is 0.110. The van der Waals surface area contributed by atoms with Crippen LogP contribution in [-0.4, -0.2) is 21.7 Å². The van der Waals surface area contributed by atoms with Crippen LogP contribution in [0.2, 0.25) is 10.4 Å². The summed E-state index contributed by atoms with van der Waals surface area (Å²) in [5.74, 6) is 1.14. The molecule has 0 fully saturated rings. The van der Waals surface area contributed by atoms with Crippen molar-refractivity contribution in [2.45, 2.75) is 39.5 Å². The van der Waals surface area contributed by atoms with Gasteiger partial charge in [-0.3, -0.25) is 0 Å². The first-order valence-electron chi connectivity index (χ1n) is 5.96. The first kappa shape index (κ1) is 14.5. The highest BCUT2D eigenvalue weighted by molar-refractivity contribution is 6.32. The molecule has 1 aromatic heterocycles. The number of unbranched alkanes of at least 4 members (excludes halogenated alkanes) is 1. The molecule has 6 heteroatoms. The van der Waals surface area contributed by atoms with Crippen molar-refractivity contribution in [3.05, 3.63) is 10.4 Å². The molecule has 0 bridgehead atoms. The lowest BCUT2D eigenvalue weighted by Crippen LogP contribution is -2.15. The van der Waals surface area contributed by atoms with Gasteiger partial charge in [0, 0.05) is 6.54 Å². The monoisotopic (exact) mass is 276 g/mol. The molecule has 0 spiro atoms. The van der Waals surface area contributed by atoms with E-state index in [1.54, 1.807) is 0 Å². The second kappa shape index (κ2) is 7.67. The van der Waals surface area contributed by atoms with E-state index in [0.29, 0.717) is 11.7 Å². The number of nitrogens with one attached hydrogen (secondary N) is 1. The smallest absolute Gasteiger partial charge is 0.245 e. The molecule has 0 aliphatic heterocycles. The highest BCUT2D eigenvalue weighted by atomic mass is 35.5. The maximum absolute atomic E-state index is 5.87. The van der Waals surface area contributed by atoms with Crippen LogP contribution >= 0.6 is 23.2 Å². The summed E-state index contributed by atoms with van der Waals surface area (Å²) < 4.78 is 0. The number of nitrogens with zero attached hydrogens (tertiary/aromatic N) is 3. The number of aromatic nitrogens is 3. The van der Waals surface area contributed by atoms with Crippen LogP contribution in [0.4, 0.5) is 5.82 Å². The maximum atomic E-state index is 5.87. The zero-order valence-electron chi connectivity index (χ0n) is 10.2.